The van der Waals surface area contributed by atoms with E-state index in [0.717, 1.165) is 24.2 Å². The molecule has 2 aliphatic rings. The highest BCUT2D eigenvalue weighted by Crippen LogP contribution is 2.43. The first-order valence-electron chi connectivity index (χ1n) is 11.6. The van der Waals surface area contributed by atoms with Crippen LogP contribution in [-0.4, -0.2) is 22.6 Å². The highest BCUT2D eigenvalue weighted by molar-refractivity contribution is 5.96. The summed E-state index contributed by atoms with van der Waals surface area (Å²) in [6, 6.07) is 12.9. The van der Waals surface area contributed by atoms with Gasteiger partial charge in [0.15, 0.2) is 11.5 Å². The average molecular weight is 450 g/mol. The summed E-state index contributed by atoms with van der Waals surface area (Å²) in [5.74, 6) is 1.21. The lowest BCUT2D eigenvalue weighted by Crippen LogP contribution is -2.27. The van der Waals surface area contributed by atoms with Gasteiger partial charge in [-0.15, -0.1) is 0 Å². The molecule has 2 aromatic rings. The number of hydrogen-bond donors (Lipinski definition) is 2. The molecular formula is C27H31NO5. The van der Waals surface area contributed by atoms with Crippen LogP contribution in [0.1, 0.15) is 63.5 Å². The van der Waals surface area contributed by atoms with Gasteiger partial charge in [0.2, 0.25) is 5.91 Å². The lowest BCUT2D eigenvalue weighted by atomic mass is 10.0. The summed E-state index contributed by atoms with van der Waals surface area (Å²) < 4.78 is 12.1. The maximum Gasteiger partial charge on any atom is 0.352 e. The normalized spacial score (nSPS) is 17.3. The van der Waals surface area contributed by atoms with Crippen LogP contribution in [0.15, 0.2) is 48.2 Å². The van der Waals surface area contributed by atoms with Crippen molar-refractivity contribution in [1.82, 2.24) is 5.32 Å². The molecule has 1 saturated carbocycles. The molecule has 4 rings (SSSR count). The first-order chi connectivity index (χ1) is 15.8. The molecule has 6 heteroatoms. The number of amides is 1. The third-order valence-corrected chi connectivity index (χ3v) is 6.23. The number of hydrogen-bond acceptors (Lipinski definition) is 4. The number of ether oxygens (including phenoxy) is 2. The number of carboxylic acid groups (broad SMARTS) is 1. The number of para-hydroxylation sites is 1. The molecule has 0 aromatic heterocycles. The zero-order valence-corrected chi connectivity index (χ0v) is 19.2. The van der Waals surface area contributed by atoms with Gasteiger partial charge in [-0.3, -0.25) is 4.79 Å². The predicted molar refractivity (Wildman–Crippen MR) is 126 cm³/mol. The fraction of sp³-hybridized carbons (Fsp3) is 0.407. The number of carbonyl (C=O) groups excluding carboxylic acids is 1. The average Bonchev–Trinajstić information content (AvgIpc) is 3.39. The summed E-state index contributed by atoms with van der Waals surface area (Å²) in [4.78, 5) is 23.9. The molecule has 33 heavy (non-hydrogen) atoms. The number of benzene rings is 2. The summed E-state index contributed by atoms with van der Waals surface area (Å²) >= 11 is 0. The van der Waals surface area contributed by atoms with Crippen LogP contribution in [0.2, 0.25) is 0 Å². The van der Waals surface area contributed by atoms with E-state index in [1.165, 1.54) is 31.8 Å². The number of carbonyl (C=O) groups is 2. The van der Waals surface area contributed by atoms with Crippen LogP contribution in [0.25, 0.3) is 6.08 Å². The molecule has 0 bridgehead atoms. The topological polar surface area (TPSA) is 84.9 Å². The van der Waals surface area contributed by atoms with Crippen LogP contribution in [0.5, 0.6) is 17.2 Å². The molecule has 0 atom stereocenters. The van der Waals surface area contributed by atoms with Crippen molar-refractivity contribution in [1.29, 1.82) is 0 Å². The van der Waals surface area contributed by atoms with Crippen molar-refractivity contribution in [2.24, 2.45) is 5.92 Å². The molecule has 1 amide bonds. The smallest absolute Gasteiger partial charge is 0.352 e. The first-order valence-corrected chi connectivity index (χ1v) is 11.6. The van der Waals surface area contributed by atoms with E-state index >= 15 is 0 Å². The Bertz CT molecular complexity index is 1050. The van der Waals surface area contributed by atoms with Crippen molar-refractivity contribution >= 4 is 18.0 Å². The second kappa shape index (κ2) is 9.69. The Morgan fingerprint density at radius 2 is 1.88 bits per heavy atom. The molecule has 6 nitrogen and oxygen atoms in total. The van der Waals surface area contributed by atoms with Crippen LogP contribution in [-0.2, 0) is 16.0 Å². The van der Waals surface area contributed by atoms with Gasteiger partial charge >= 0.3 is 5.97 Å². The highest BCUT2D eigenvalue weighted by Gasteiger charge is 2.32. The summed E-state index contributed by atoms with van der Waals surface area (Å²) in [6.07, 6.45) is 8.24. The fourth-order valence-corrected chi connectivity index (χ4v) is 4.59. The van der Waals surface area contributed by atoms with Gasteiger partial charge in [-0.25, -0.2) is 4.79 Å². The SMILES string of the molecule is CC1(C)Cc2cccc(Oc3ccc(/C=C(/NC(=O)CCC4CCCC4)C(=O)O)cc3)c2O1. The van der Waals surface area contributed by atoms with Crippen molar-refractivity contribution < 1.29 is 24.2 Å². The van der Waals surface area contributed by atoms with Gasteiger partial charge in [0.25, 0.3) is 0 Å². The Morgan fingerprint density at radius 3 is 2.58 bits per heavy atom. The van der Waals surface area contributed by atoms with Crippen LogP contribution in [0.3, 0.4) is 0 Å². The summed E-state index contributed by atoms with van der Waals surface area (Å²) in [7, 11) is 0. The van der Waals surface area contributed by atoms with Crippen LogP contribution in [0, 0.1) is 5.92 Å². The maximum absolute atomic E-state index is 12.3. The van der Waals surface area contributed by atoms with Crippen LogP contribution in [0.4, 0.5) is 0 Å². The minimum atomic E-state index is -1.16. The van der Waals surface area contributed by atoms with Gasteiger partial charge in [-0.05, 0) is 56.0 Å². The van der Waals surface area contributed by atoms with E-state index in [9.17, 15) is 14.7 Å². The van der Waals surface area contributed by atoms with E-state index in [-0.39, 0.29) is 17.2 Å². The van der Waals surface area contributed by atoms with Crippen molar-refractivity contribution in [3.05, 3.63) is 59.3 Å². The van der Waals surface area contributed by atoms with E-state index in [1.54, 1.807) is 24.3 Å². The molecule has 1 aliphatic carbocycles. The Labute approximate surface area is 194 Å². The molecule has 1 heterocycles. The molecule has 174 valence electrons. The number of carboxylic acids is 1. The number of aliphatic carboxylic acids is 1. The molecule has 0 radical (unpaired) electrons. The van der Waals surface area contributed by atoms with Crippen molar-refractivity contribution in [2.75, 3.05) is 0 Å². The number of rotatable bonds is 8. The van der Waals surface area contributed by atoms with E-state index < -0.39 is 5.97 Å². The summed E-state index contributed by atoms with van der Waals surface area (Å²) in [5.41, 5.74) is 1.39. The third kappa shape index (κ3) is 5.95. The van der Waals surface area contributed by atoms with Crippen LogP contribution < -0.4 is 14.8 Å². The van der Waals surface area contributed by atoms with Gasteiger partial charge in [0.1, 0.15) is 17.0 Å². The first kappa shape index (κ1) is 22.9. The second-order valence-corrected chi connectivity index (χ2v) is 9.55. The van der Waals surface area contributed by atoms with Crippen molar-refractivity contribution in [3.8, 4) is 17.2 Å². The number of nitrogens with one attached hydrogen (secondary N) is 1. The highest BCUT2D eigenvalue weighted by atomic mass is 16.5. The lowest BCUT2D eigenvalue weighted by molar-refractivity contribution is -0.134. The molecule has 0 unspecified atom stereocenters. The Hall–Kier alpha value is -3.28. The van der Waals surface area contributed by atoms with Crippen molar-refractivity contribution in [3.63, 3.8) is 0 Å². The minimum Gasteiger partial charge on any atom is -0.483 e. The zero-order valence-electron chi connectivity index (χ0n) is 19.2. The summed E-state index contributed by atoms with van der Waals surface area (Å²) in [5, 5.41) is 12.1. The Balaban J connectivity index is 1.40. The van der Waals surface area contributed by atoms with Gasteiger partial charge in [0, 0.05) is 18.4 Å². The minimum absolute atomic E-state index is 0.128. The maximum atomic E-state index is 12.3. The van der Waals surface area contributed by atoms with Gasteiger partial charge in [-0.2, -0.15) is 0 Å². The molecular weight excluding hydrogens is 418 g/mol. The van der Waals surface area contributed by atoms with Crippen molar-refractivity contribution in [2.45, 2.75) is 64.4 Å². The molecule has 1 fully saturated rings. The van der Waals surface area contributed by atoms with Crippen LogP contribution >= 0.6 is 0 Å². The largest absolute Gasteiger partial charge is 0.483 e. The zero-order chi connectivity index (χ0) is 23.4. The van der Waals surface area contributed by atoms with Gasteiger partial charge < -0.3 is 19.9 Å². The molecule has 0 saturated heterocycles. The van der Waals surface area contributed by atoms with E-state index in [4.69, 9.17) is 9.47 Å². The molecule has 2 aromatic carbocycles. The van der Waals surface area contributed by atoms with E-state index in [2.05, 4.69) is 5.32 Å². The monoisotopic (exact) mass is 449 g/mol. The van der Waals surface area contributed by atoms with Gasteiger partial charge in [-0.1, -0.05) is 49.9 Å². The summed E-state index contributed by atoms with van der Waals surface area (Å²) in [6.45, 7) is 4.09. The molecule has 1 aliphatic heterocycles. The third-order valence-electron chi connectivity index (χ3n) is 6.23. The lowest BCUT2D eigenvalue weighted by Gasteiger charge is -2.18. The number of fused-ring (bicyclic) bond motifs is 1. The quantitative estimate of drug-likeness (QED) is 0.505. The fourth-order valence-electron chi connectivity index (χ4n) is 4.59. The van der Waals surface area contributed by atoms with E-state index in [1.807, 2.05) is 32.0 Å². The van der Waals surface area contributed by atoms with E-state index in [0.29, 0.717) is 29.4 Å². The predicted octanol–water partition coefficient (Wildman–Crippen LogP) is 5.70. The second-order valence-electron chi connectivity index (χ2n) is 9.55. The molecule has 2 N–H and O–H groups in total. The Morgan fingerprint density at radius 1 is 1.15 bits per heavy atom. The molecule has 0 spiro atoms. The van der Waals surface area contributed by atoms with Gasteiger partial charge in [0.05, 0.1) is 0 Å². The Kier molecular flexibility index (Phi) is 6.72. The standard InChI is InChI=1S/C27H31NO5/c1-27(2)17-20-8-5-9-23(25(20)33-27)32-21-13-10-19(11-14-21)16-22(26(30)31)28-24(29)15-12-18-6-3-4-7-18/h5,8-11,13-14,16,18H,3-4,6-7,12,15,17H2,1-2H3,(H,28,29)(H,30,31)/b22-16+.